The van der Waals surface area contributed by atoms with Crippen LogP contribution in [0.25, 0.3) is 0 Å². The number of hydrogen-bond donors (Lipinski definition) is 2. The van der Waals surface area contributed by atoms with Crippen molar-refractivity contribution < 1.29 is 18.7 Å². The Hall–Kier alpha value is -2.89. The van der Waals surface area contributed by atoms with Gasteiger partial charge in [0.1, 0.15) is 11.6 Å². The average Bonchev–Trinajstić information content (AvgIpc) is 2.55. The molecule has 0 aliphatic heterocycles. The Morgan fingerprint density at radius 2 is 1.61 bits per heavy atom. The number of benzene rings is 2. The van der Waals surface area contributed by atoms with Crippen molar-refractivity contribution in [2.45, 2.75) is 20.0 Å². The highest BCUT2D eigenvalue weighted by atomic mass is 19.1. The smallest absolute Gasteiger partial charge is 0.279 e. The monoisotopic (exact) mass is 316 g/mol. The van der Waals surface area contributed by atoms with E-state index in [4.69, 9.17) is 4.74 Å². The fourth-order valence-electron chi connectivity index (χ4n) is 1.77. The van der Waals surface area contributed by atoms with Crippen LogP contribution in [-0.2, 0) is 4.79 Å². The van der Waals surface area contributed by atoms with Gasteiger partial charge >= 0.3 is 0 Å². The first kappa shape index (κ1) is 16.5. The van der Waals surface area contributed by atoms with Crippen LogP contribution in [0.15, 0.2) is 48.5 Å². The van der Waals surface area contributed by atoms with Crippen molar-refractivity contribution in [1.29, 1.82) is 0 Å². The van der Waals surface area contributed by atoms with Crippen molar-refractivity contribution in [3.05, 3.63) is 65.5 Å². The van der Waals surface area contributed by atoms with Crippen LogP contribution in [0.3, 0.4) is 0 Å². The number of carbonyl (C=O) groups excluding carboxylic acids is 2. The lowest BCUT2D eigenvalue weighted by Crippen LogP contribution is -2.47. The second kappa shape index (κ2) is 7.40. The summed E-state index contributed by atoms with van der Waals surface area (Å²) in [5.74, 6) is -0.971. The van der Waals surface area contributed by atoms with Gasteiger partial charge in [0.25, 0.3) is 11.8 Å². The molecular weight excluding hydrogens is 299 g/mol. The normalized spacial score (nSPS) is 11.4. The van der Waals surface area contributed by atoms with Gasteiger partial charge < -0.3 is 4.74 Å². The summed E-state index contributed by atoms with van der Waals surface area (Å²) < 4.78 is 18.2. The fraction of sp³-hybridized carbons (Fsp3) is 0.176. The van der Waals surface area contributed by atoms with Gasteiger partial charge in [-0.3, -0.25) is 20.4 Å². The summed E-state index contributed by atoms with van der Waals surface area (Å²) in [5.41, 5.74) is 6.07. The molecule has 0 saturated heterocycles. The van der Waals surface area contributed by atoms with Crippen LogP contribution in [0.2, 0.25) is 0 Å². The van der Waals surface area contributed by atoms with Crippen molar-refractivity contribution in [3.63, 3.8) is 0 Å². The zero-order valence-electron chi connectivity index (χ0n) is 12.8. The van der Waals surface area contributed by atoms with E-state index in [1.165, 1.54) is 31.2 Å². The Labute approximate surface area is 133 Å². The number of hydrogen-bond acceptors (Lipinski definition) is 3. The topological polar surface area (TPSA) is 67.4 Å². The van der Waals surface area contributed by atoms with Gasteiger partial charge in [-0.25, -0.2) is 4.39 Å². The minimum Gasteiger partial charge on any atom is -0.481 e. The highest BCUT2D eigenvalue weighted by Gasteiger charge is 2.15. The summed E-state index contributed by atoms with van der Waals surface area (Å²) in [5, 5.41) is 0. The number of halogens is 1. The molecule has 0 unspecified atom stereocenters. The second-order valence-electron chi connectivity index (χ2n) is 5.02. The van der Waals surface area contributed by atoms with E-state index in [9.17, 15) is 14.0 Å². The molecule has 0 aliphatic carbocycles. The first-order valence-corrected chi connectivity index (χ1v) is 7.05. The molecule has 2 rings (SSSR count). The summed E-state index contributed by atoms with van der Waals surface area (Å²) >= 11 is 0. The third-order valence-corrected chi connectivity index (χ3v) is 3.11. The highest BCUT2D eigenvalue weighted by Crippen LogP contribution is 2.12. The first-order valence-electron chi connectivity index (χ1n) is 7.05. The van der Waals surface area contributed by atoms with Gasteiger partial charge in [-0.1, -0.05) is 17.7 Å². The number of rotatable bonds is 4. The molecule has 0 heterocycles. The highest BCUT2D eigenvalue weighted by molar-refractivity contribution is 5.95. The number of aryl methyl sites for hydroxylation is 1. The summed E-state index contributed by atoms with van der Waals surface area (Å²) in [7, 11) is 0. The standard InChI is InChI=1S/C17H17FN2O3/c1-11-3-5-13(6-4-11)17(22)20-19-16(21)12(2)23-15-9-7-14(18)8-10-15/h3-10,12H,1-2H3,(H,19,21)(H,20,22)/t12-/m1/s1. The van der Waals surface area contributed by atoms with Crippen molar-refractivity contribution in [1.82, 2.24) is 10.9 Å². The van der Waals surface area contributed by atoms with Gasteiger partial charge in [0.05, 0.1) is 0 Å². The lowest BCUT2D eigenvalue weighted by atomic mass is 10.1. The summed E-state index contributed by atoms with van der Waals surface area (Å²) in [6.45, 7) is 3.44. The molecule has 1 atom stereocenters. The minimum absolute atomic E-state index is 0.360. The lowest BCUT2D eigenvalue weighted by molar-refractivity contribution is -0.128. The zero-order chi connectivity index (χ0) is 16.8. The number of carbonyl (C=O) groups is 2. The van der Waals surface area contributed by atoms with Gasteiger partial charge in [0, 0.05) is 5.56 Å². The van der Waals surface area contributed by atoms with Crippen LogP contribution >= 0.6 is 0 Å². The zero-order valence-corrected chi connectivity index (χ0v) is 12.8. The molecule has 0 aliphatic rings. The van der Waals surface area contributed by atoms with Gasteiger partial charge in [0.15, 0.2) is 6.10 Å². The van der Waals surface area contributed by atoms with E-state index in [0.29, 0.717) is 11.3 Å². The Bertz CT molecular complexity index is 684. The molecule has 0 saturated carbocycles. The largest absolute Gasteiger partial charge is 0.481 e. The molecule has 5 nitrogen and oxygen atoms in total. The molecule has 2 aromatic carbocycles. The maximum absolute atomic E-state index is 12.8. The predicted octanol–water partition coefficient (Wildman–Crippen LogP) is 2.36. The fourth-order valence-corrected chi connectivity index (χ4v) is 1.77. The van der Waals surface area contributed by atoms with Gasteiger partial charge in [0.2, 0.25) is 0 Å². The molecule has 0 spiro atoms. The maximum Gasteiger partial charge on any atom is 0.279 e. The molecule has 2 aromatic rings. The Balaban J connectivity index is 1.84. The van der Waals surface area contributed by atoms with Crippen LogP contribution in [0, 0.1) is 12.7 Å². The third-order valence-electron chi connectivity index (χ3n) is 3.11. The summed E-state index contributed by atoms with van der Waals surface area (Å²) in [6.07, 6.45) is -0.848. The van der Waals surface area contributed by atoms with E-state index in [1.807, 2.05) is 6.92 Å². The van der Waals surface area contributed by atoms with Crippen molar-refractivity contribution in [2.24, 2.45) is 0 Å². The Morgan fingerprint density at radius 1 is 1.00 bits per heavy atom. The molecule has 0 aromatic heterocycles. The molecule has 2 amide bonds. The number of nitrogens with one attached hydrogen (secondary N) is 2. The molecule has 2 N–H and O–H groups in total. The second-order valence-corrected chi connectivity index (χ2v) is 5.02. The molecule has 120 valence electrons. The Kier molecular flexibility index (Phi) is 5.30. The number of hydrazine groups is 1. The van der Waals surface area contributed by atoms with Crippen molar-refractivity contribution >= 4 is 11.8 Å². The molecule has 6 heteroatoms. The molecular formula is C17H17FN2O3. The van der Waals surface area contributed by atoms with Crippen molar-refractivity contribution in [2.75, 3.05) is 0 Å². The summed E-state index contributed by atoms with van der Waals surface area (Å²) in [4.78, 5) is 23.7. The van der Waals surface area contributed by atoms with E-state index in [-0.39, 0.29) is 5.82 Å². The lowest BCUT2D eigenvalue weighted by Gasteiger charge is -2.15. The van der Waals surface area contributed by atoms with E-state index >= 15 is 0 Å². The van der Waals surface area contributed by atoms with Gasteiger partial charge in [-0.2, -0.15) is 0 Å². The predicted molar refractivity (Wildman–Crippen MR) is 83.3 cm³/mol. The van der Waals surface area contributed by atoms with Crippen LogP contribution < -0.4 is 15.6 Å². The molecule has 0 radical (unpaired) electrons. The first-order chi connectivity index (χ1) is 11.0. The van der Waals surface area contributed by atoms with Gasteiger partial charge in [-0.15, -0.1) is 0 Å². The van der Waals surface area contributed by atoms with E-state index in [0.717, 1.165) is 5.56 Å². The maximum atomic E-state index is 12.8. The van der Waals surface area contributed by atoms with Crippen LogP contribution in [-0.4, -0.2) is 17.9 Å². The van der Waals surface area contributed by atoms with Gasteiger partial charge in [-0.05, 0) is 50.2 Å². The molecule has 0 fully saturated rings. The van der Waals surface area contributed by atoms with E-state index in [1.54, 1.807) is 24.3 Å². The third kappa shape index (κ3) is 4.81. The average molecular weight is 316 g/mol. The minimum atomic E-state index is -0.848. The van der Waals surface area contributed by atoms with Crippen LogP contribution in [0.1, 0.15) is 22.8 Å². The van der Waals surface area contributed by atoms with Crippen LogP contribution in [0.5, 0.6) is 5.75 Å². The van der Waals surface area contributed by atoms with Crippen LogP contribution in [0.4, 0.5) is 4.39 Å². The Morgan fingerprint density at radius 3 is 2.22 bits per heavy atom. The quantitative estimate of drug-likeness (QED) is 0.851. The molecule has 23 heavy (non-hydrogen) atoms. The molecule has 0 bridgehead atoms. The SMILES string of the molecule is Cc1ccc(C(=O)NNC(=O)[C@@H](C)Oc2ccc(F)cc2)cc1. The van der Waals surface area contributed by atoms with E-state index in [2.05, 4.69) is 10.9 Å². The van der Waals surface area contributed by atoms with Crippen molar-refractivity contribution in [3.8, 4) is 5.75 Å². The van der Waals surface area contributed by atoms with E-state index < -0.39 is 17.9 Å². The number of ether oxygens (including phenoxy) is 1. The summed E-state index contributed by atoms with van der Waals surface area (Å²) in [6, 6.07) is 12.2. The number of amides is 2.